The standard InChI is InChI=1S/C13H12N2O6/c1-2-14-8-4-3-7(5-9(8)20-12(14)18)15-6-10(11(16)17)21-13(15)19/h3-5,10H,2,6H2,1H3,(H,16,17)/t10-/m1/s1. The molecule has 110 valence electrons. The van der Waals surface area contributed by atoms with Crippen LogP contribution < -0.4 is 10.7 Å². The van der Waals surface area contributed by atoms with E-state index in [1.54, 1.807) is 12.1 Å². The van der Waals surface area contributed by atoms with Gasteiger partial charge in [0.15, 0.2) is 5.58 Å². The molecule has 0 unspecified atom stereocenters. The van der Waals surface area contributed by atoms with Crippen molar-refractivity contribution in [3.8, 4) is 0 Å². The van der Waals surface area contributed by atoms with Crippen LogP contribution in [0.25, 0.3) is 11.1 Å². The van der Waals surface area contributed by atoms with E-state index in [-0.39, 0.29) is 6.54 Å². The minimum atomic E-state index is -1.20. The number of carboxylic acid groups (broad SMARTS) is 1. The minimum Gasteiger partial charge on any atom is -0.478 e. The lowest BCUT2D eigenvalue weighted by molar-refractivity contribution is -0.144. The minimum absolute atomic E-state index is 0.0849. The molecule has 0 bridgehead atoms. The molecule has 1 aliphatic heterocycles. The molecule has 0 radical (unpaired) electrons. The highest BCUT2D eigenvalue weighted by Gasteiger charge is 2.37. The number of hydrogen-bond donors (Lipinski definition) is 1. The third kappa shape index (κ3) is 2.04. The molecule has 2 aromatic rings. The number of carbonyl (C=O) groups excluding carboxylic acids is 1. The molecule has 1 saturated heterocycles. The summed E-state index contributed by atoms with van der Waals surface area (Å²) >= 11 is 0. The van der Waals surface area contributed by atoms with E-state index in [4.69, 9.17) is 14.3 Å². The predicted octanol–water partition coefficient (Wildman–Crippen LogP) is 1.02. The van der Waals surface area contributed by atoms with E-state index < -0.39 is 23.9 Å². The number of hydrogen-bond acceptors (Lipinski definition) is 5. The van der Waals surface area contributed by atoms with Crippen molar-refractivity contribution in [2.45, 2.75) is 19.6 Å². The van der Waals surface area contributed by atoms with Crippen LogP contribution in [0.4, 0.5) is 10.5 Å². The summed E-state index contributed by atoms with van der Waals surface area (Å²) in [5, 5.41) is 8.87. The summed E-state index contributed by atoms with van der Waals surface area (Å²) < 4.78 is 11.3. The van der Waals surface area contributed by atoms with E-state index >= 15 is 0 Å². The number of aromatic nitrogens is 1. The number of carboxylic acids is 1. The topological polar surface area (TPSA) is 102 Å². The monoisotopic (exact) mass is 292 g/mol. The fraction of sp³-hybridized carbons (Fsp3) is 0.308. The molecule has 0 saturated carbocycles. The predicted molar refractivity (Wildman–Crippen MR) is 71.4 cm³/mol. The summed E-state index contributed by atoms with van der Waals surface area (Å²) in [6.45, 7) is 2.20. The molecule has 1 N–H and O–H groups in total. The first kappa shape index (κ1) is 13.2. The highest BCUT2D eigenvalue weighted by atomic mass is 16.6. The number of rotatable bonds is 3. The first-order valence-corrected chi connectivity index (χ1v) is 6.35. The van der Waals surface area contributed by atoms with E-state index in [1.807, 2.05) is 6.92 Å². The number of aryl methyl sites for hydroxylation is 1. The van der Waals surface area contributed by atoms with Gasteiger partial charge in [-0.1, -0.05) is 0 Å². The van der Waals surface area contributed by atoms with Gasteiger partial charge in [0.05, 0.1) is 17.7 Å². The zero-order chi connectivity index (χ0) is 15.1. The Hall–Kier alpha value is -2.77. The summed E-state index contributed by atoms with van der Waals surface area (Å²) in [6, 6.07) is 4.80. The molecule has 1 aromatic carbocycles. The quantitative estimate of drug-likeness (QED) is 0.906. The Labute approximate surface area is 118 Å². The van der Waals surface area contributed by atoms with E-state index in [0.717, 1.165) is 0 Å². The van der Waals surface area contributed by atoms with Crippen LogP contribution in [-0.4, -0.2) is 34.4 Å². The fourth-order valence-corrected chi connectivity index (χ4v) is 2.32. The number of cyclic esters (lactones) is 1. The van der Waals surface area contributed by atoms with Crippen molar-refractivity contribution in [2.75, 3.05) is 11.4 Å². The van der Waals surface area contributed by atoms with Gasteiger partial charge >= 0.3 is 17.8 Å². The number of anilines is 1. The van der Waals surface area contributed by atoms with Crippen molar-refractivity contribution < 1.29 is 23.8 Å². The number of amides is 1. The number of nitrogens with zero attached hydrogens (tertiary/aromatic N) is 2. The second-order valence-corrected chi connectivity index (χ2v) is 4.59. The first-order valence-electron chi connectivity index (χ1n) is 6.35. The van der Waals surface area contributed by atoms with Crippen LogP contribution in [0, 0.1) is 0 Å². The second kappa shape index (κ2) is 4.65. The molecule has 8 heteroatoms. The van der Waals surface area contributed by atoms with Crippen LogP contribution in [0.2, 0.25) is 0 Å². The highest BCUT2D eigenvalue weighted by molar-refractivity contribution is 5.95. The van der Waals surface area contributed by atoms with Gasteiger partial charge < -0.3 is 14.3 Å². The fourth-order valence-electron chi connectivity index (χ4n) is 2.32. The van der Waals surface area contributed by atoms with Gasteiger partial charge in [0.2, 0.25) is 6.10 Å². The maximum absolute atomic E-state index is 11.7. The van der Waals surface area contributed by atoms with Gasteiger partial charge in [0, 0.05) is 12.6 Å². The van der Waals surface area contributed by atoms with Crippen molar-refractivity contribution in [3.05, 3.63) is 28.7 Å². The Balaban J connectivity index is 2.00. The lowest BCUT2D eigenvalue weighted by Crippen LogP contribution is -2.27. The van der Waals surface area contributed by atoms with E-state index in [2.05, 4.69) is 0 Å². The second-order valence-electron chi connectivity index (χ2n) is 4.59. The Kier molecular flexibility index (Phi) is 2.93. The van der Waals surface area contributed by atoms with Crippen LogP contribution >= 0.6 is 0 Å². The lowest BCUT2D eigenvalue weighted by Gasteiger charge is -2.12. The van der Waals surface area contributed by atoms with E-state index in [9.17, 15) is 14.4 Å². The third-order valence-corrected chi connectivity index (χ3v) is 3.37. The number of aliphatic carboxylic acids is 1. The Morgan fingerprint density at radius 2 is 2.19 bits per heavy atom. The number of carbonyl (C=O) groups is 2. The highest BCUT2D eigenvalue weighted by Crippen LogP contribution is 2.25. The molecular formula is C13H12N2O6. The molecule has 1 amide bonds. The van der Waals surface area contributed by atoms with Crippen LogP contribution in [0.5, 0.6) is 0 Å². The molecule has 0 spiro atoms. The van der Waals surface area contributed by atoms with Gasteiger partial charge in [-0.2, -0.15) is 0 Å². The molecule has 0 aliphatic carbocycles. The van der Waals surface area contributed by atoms with Crippen molar-refractivity contribution >= 4 is 28.8 Å². The Morgan fingerprint density at radius 1 is 1.43 bits per heavy atom. The Morgan fingerprint density at radius 3 is 2.81 bits per heavy atom. The summed E-state index contributed by atoms with van der Waals surface area (Å²) in [4.78, 5) is 35.4. The number of ether oxygens (including phenoxy) is 1. The lowest BCUT2D eigenvalue weighted by atomic mass is 10.2. The van der Waals surface area contributed by atoms with Crippen molar-refractivity contribution in [2.24, 2.45) is 0 Å². The molecule has 1 aliphatic rings. The van der Waals surface area contributed by atoms with Crippen LogP contribution in [0.15, 0.2) is 27.4 Å². The van der Waals surface area contributed by atoms with Crippen molar-refractivity contribution in [1.29, 1.82) is 0 Å². The van der Waals surface area contributed by atoms with Gasteiger partial charge in [-0.05, 0) is 19.1 Å². The molecule has 8 nitrogen and oxygen atoms in total. The smallest absolute Gasteiger partial charge is 0.419 e. The third-order valence-electron chi connectivity index (χ3n) is 3.37. The van der Waals surface area contributed by atoms with Gasteiger partial charge in [-0.3, -0.25) is 9.47 Å². The number of benzene rings is 1. The number of fused-ring (bicyclic) bond motifs is 1. The molecule has 21 heavy (non-hydrogen) atoms. The van der Waals surface area contributed by atoms with Crippen LogP contribution in [-0.2, 0) is 16.1 Å². The molecule has 2 heterocycles. The zero-order valence-corrected chi connectivity index (χ0v) is 11.1. The van der Waals surface area contributed by atoms with Gasteiger partial charge in [-0.15, -0.1) is 0 Å². The van der Waals surface area contributed by atoms with E-state index in [1.165, 1.54) is 15.5 Å². The summed E-state index contributed by atoms with van der Waals surface area (Å²) in [7, 11) is 0. The summed E-state index contributed by atoms with van der Waals surface area (Å²) in [5.41, 5.74) is 1.38. The maximum atomic E-state index is 11.7. The van der Waals surface area contributed by atoms with Gasteiger partial charge in [0.25, 0.3) is 0 Å². The molecular weight excluding hydrogens is 280 g/mol. The molecule has 1 aromatic heterocycles. The van der Waals surface area contributed by atoms with Gasteiger partial charge in [0.1, 0.15) is 0 Å². The van der Waals surface area contributed by atoms with Crippen LogP contribution in [0.3, 0.4) is 0 Å². The van der Waals surface area contributed by atoms with Crippen molar-refractivity contribution in [1.82, 2.24) is 4.57 Å². The maximum Gasteiger partial charge on any atom is 0.419 e. The van der Waals surface area contributed by atoms with Crippen molar-refractivity contribution in [3.63, 3.8) is 0 Å². The normalized spacial score (nSPS) is 18.2. The molecule has 1 atom stereocenters. The average molecular weight is 292 g/mol. The van der Waals surface area contributed by atoms with Crippen LogP contribution in [0.1, 0.15) is 6.92 Å². The van der Waals surface area contributed by atoms with Gasteiger partial charge in [-0.25, -0.2) is 14.4 Å². The average Bonchev–Trinajstić information content (AvgIpc) is 2.97. The summed E-state index contributed by atoms with van der Waals surface area (Å²) in [5.74, 6) is -1.67. The summed E-state index contributed by atoms with van der Waals surface area (Å²) in [6.07, 6.45) is -1.93. The first-order chi connectivity index (χ1) is 10.0. The molecule has 3 rings (SSSR count). The SMILES string of the molecule is CCn1c(=O)oc2cc(N3C[C@H](C(=O)O)OC3=O)ccc21. The zero-order valence-electron chi connectivity index (χ0n) is 11.1. The number of oxazole rings is 1. The van der Waals surface area contributed by atoms with E-state index in [0.29, 0.717) is 23.3 Å². The Bertz CT molecular complexity index is 790. The largest absolute Gasteiger partial charge is 0.478 e. The molecule has 1 fully saturated rings.